The highest BCUT2D eigenvalue weighted by Gasteiger charge is 2.49. The molecule has 0 amide bonds. The highest BCUT2D eigenvalue weighted by molar-refractivity contribution is 5.91. The standard InChI is InChI=1S/C16H27NO3/c1-15(2,3)13(18)20-14(19)16(8-4-5-9-16)12-6-10-17-11-7-12/h12,17H,4-11H2,1-3H3. The molecule has 2 rings (SSSR count). The van der Waals surface area contributed by atoms with Gasteiger partial charge in [-0.1, -0.05) is 12.8 Å². The average molecular weight is 281 g/mol. The van der Waals surface area contributed by atoms with E-state index in [9.17, 15) is 9.59 Å². The van der Waals surface area contributed by atoms with Gasteiger partial charge in [0, 0.05) is 0 Å². The minimum atomic E-state index is -0.621. The van der Waals surface area contributed by atoms with Gasteiger partial charge in [-0.15, -0.1) is 0 Å². The Morgan fingerprint density at radius 2 is 1.65 bits per heavy atom. The molecule has 0 aromatic rings. The molecule has 1 heterocycles. The lowest BCUT2D eigenvalue weighted by Gasteiger charge is -2.38. The van der Waals surface area contributed by atoms with Crippen molar-refractivity contribution in [1.82, 2.24) is 5.32 Å². The largest absolute Gasteiger partial charge is 0.392 e. The molecule has 0 aromatic heterocycles. The number of carbonyl (C=O) groups is 2. The zero-order valence-corrected chi connectivity index (χ0v) is 13.0. The molecular formula is C16H27NO3. The quantitative estimate of drug-likeness (QED) is 0.624. The van der Waals surface area contributed by atoms with Crippen LogP contribution < -0.4 is 5.32 Å². The smallest absolute Gasteiger partial charge is 0.320 e. The van der Waals surface area contributed by atoms with Crippen LogP contribution in [0.15, 0.2) is 0 Å². The third kappa shape index (κ3) is 3.05. The Hall–Kier alpha value is -0.900. The molecule has 1 saturated heterocycles. The summed E-state index contributed by atoms with van der Waals surface area (Å²) in [6, 6.07) is 0. The van der Waals surface area contributed by atoms with Gasteiger partial charge in [-0.05, 0) is 65.5 Å². The average Bonchev–Trinajstić information content (AvgIpc) is 2.89. The van der Waals surface area contributed by atoms with E-state index in [2.05, 4.69) is 5.32 Å². The third-order valence-electron chi connectivity index (χ3n) is 4.82. The van der Waals surface area contributed by atoms with E-state index in [-0.39, 0.29) is 5.97 Å². The summed E-state index contributed by atoms with van der Waals surface area (Å²) in [4.78, 5) is 24.7. The maximum absolute atomic E-state index is 12.7. The Kier molecular flexibility index (Phi) is 4.52. The van der Waals surface area contributed by atoms with Gasteiger partial charge in [-0.3, -0.25) is 9.59 Å². The summed E-state index contributed by atoms with van der Waals surface area (Å²) >= 11 is 0. The van der Waals surface area contributed by atoms with Gasteiger partial charge in [0.25, 0.3) is 0 Å². The number of rotatable bonds is 2. The Bertz CT molecular complexity index is 372. The van der Waals surface area contributed by atoms with Crippen LogP contribution in [0.3, 0.4) is 0 Å². The summed E-state index contributed by atoms with van der Waals surface area (Å²) in [7, 11) is 0. The van der Waals surface area contributed by atoms with Gasteiger partial charge >= 0.3 is 11.9 Å². The lowest BCUT2D eigenvalue weighted by Crippen LogP contribution is -2.44. The van der Waals surface area contributed by atoms with Crippen LogP contribution in [0.2, 0.25) is 0 Å². The fourth-order valence-corrected chi connectivity index (χ4v) is 3.50. The molecule has 2 fully saturated rings. The number of ether oxygens (including phenoxy) is 1. The summed E-state index contributed by atoms with van der Waals surface area (Å²) in [6.45, 7) is 7.29. The van der Waals surface area contributed by atoms with Crippen molar-refractivity contribution in [3.8, 4) is 0 Å². The van der Waals surface area contributed by atoms with E-state index >= 15 is 0 Å². The predicted octanol–water partition coefficient (Wildman–Crippen LogP) is 2.66. The lowest BCUT2D eigenvalue weighted by molar-refractivity contribution is -0.175. The molecule has 1 saturated carbocycles. The third-order valence-corrected chi connectivity index (χ3v) is 4.82. The van der Waals surface area contributed by atoms with Crippen LogP contribution in [-0.4, -0.2) is 25.0 Å². The first kappa shape index (κ1) is 15.5. The number of esters is 2. The molecular weight excluding hydrogens is 254 g/mol. The van der Waals surface area contributed by atoms with Gasteiger partial charge < -0.3 is 10.1 Å². The van der Waals surface area contributed by atoms with Crippen LogP contribution in [0.4, 0.5) is 0 Å². The number of hydrogen-bond acceptors (Lipinski definition) is 4. The number of hydrogen-bond donors (Lipinski definition) is 1. The maximum Gasteiger partial charge on any atom is 0.320 e. The van der Waals surface area contributed by atoms with Crippen molar-refractivity contribution in [2.75, 3.05) is 13.1 Å². The first-order valence-corrected chi connectivity index (χ1v) is 7.84. The Balaban J connectivity index is 2.11. The molecule has 0 aromatic carbocycles. The number of nitrogens with one attached hydrogen (secondary N) is 1. The van der Waals surface area contributed by atoms with E-state index in [0.29, 0.717) is 5.92 Å². The minimum absolute atomic E-state index is 0.262. The van der Waals surface area contributed by atoms with E-state index < -0.39 is 16.8 Å². The molecule has 4 heteroatoms. The number of carbonyl (C=O) groups excluding carboxylic acids is 2. The molecule has 2 aliphatic rings. The molecule has 0 atom stereocenters. The molecule has 1 aliphatic heterocycles. The van der Waals surface area contributed by atoms with E-state index in [4.69, 9.17) is 4.74 Å². The van der Waals surface area contributed by atoms with E-state index in [0.717, 1.165) is 51.6 Å². The van der Waals surface area contributed by atoms with Crippen LogP contribution in [0.25, 0.3) is 0 Å². The monoisotopic (exact) mass is 281 g/mol. The van der Waals surface area contributed by atoms with Gasteiger partial charge in [-0.25, -0.2) is 0 Å². The Morgan fingerprint density at radius 1 is 1.10 bits per heavy atom. The van der Waals surface area contributed by atoms with E-state index in [1.807, 2.05) is 0 Å². The second kappa shape index (κ2) is 5.84. The van der Waals surface area contributed by atoms with E-state index in [1.54, 1.807) is 20.8 Å². The van der Waals surface area contributed by atoms with Gasteiger partial charge in [-0.2, -0.15) is 0 Å². The first-order valence-electron chi connectivity index (χ1n) is 7.84. The van der Waals surface area contributed by atoms with Crippen LogP contribution in [-0.2, 0) is 14.3 Å². The van der Waals surface area contributed by atoms with E-state index in [1.165, 1.54) is 0 Å². The van der Waals surface area contributed by atoms with Crippen molar-refractivity contribution >= 4 is 11.9 Å². The summed E-state index contributed by atoms with van der Waals surface area (Å²) < 4.78 is 5.26. The molecule has 0 spiro atoms. The van der Waals surface area contributed by atoms with Gasteiger partial charge in [0.2, 0.25) is 0 Å². The molecule has 20 heavy (non-hydrogen) atoms. The Labute approximate surface area is 121 Å². The SMILES string of the molecule is CC(C)(C)C(=O)OC(=O)C1(C2CCNCC2)CCCC1. The molecule has 4 nitrogen and oxygen atoms in total. The minimum Gasteiger partial charge on any atom is -0.392 e. The summed E-state index contributed by atoms with van der Waals surface area (Å²) in [5.41, 5.74) is -1.02. The zero-order valence-electron chi connectivity index (χ0n) is 13.0. The van der Waals surface area contributed by atoms with Crippen LogP contribution >= 0.6 is 0 Å². The lowest BCUT2D eigenvalue weighted by atomic mass is 9.70. The second-order valence-electron chi connectivity index (χ2n) is 7.31. The van der Waals surface area contributed by atoms with Crippen molar-refractivity contribution < 1.29 is 14.3 Å². The summed E-state index contributed by atoms with van der Waals surface area (Å²) in [5.74, 6) is -0.295. The topological polar surface area (TPSA) is 55.4 Å². The highest BCUT2D eigenvalue weighted by atomic mass is 16.6. The fraction of sp³-hybridized carbons (Fsp3) is 0.875. The first-order chi connectivity index (χ1) is 9.36. The van der Waals surface area contributed by atoms with Crippen LogP contribution in [0.5, 0.6) is 0 Å². The second-order valence-corrected chi connectivity index (χ2v) is 7.31. The zero-order chi connectivity index (χ0) is 14.8. The molecule has 1 aliphatic carbocycles. The van der Waals surface area contributed by atoms with Crippen molar-refractivity contribution in [2.45, 2.75) is 59.3 Å². The molecule has 114 valence electrons. The van der Waals surface area contributed by atoms with Crippen molar-refractivity contribution in [1.29, 1.82) is 0 Å². The van der Waals surface area contributed by atoms with Gasteiger partial charge in [0.15, 0.2) is 0 Å². The predicted molar refractivity (Wildman–Crippen MR) is 77.0 cm³/mol. The maximum atomic E-state index is 12.7. The van der Waals surface area contributed by atoms with Gasteiger partial charge in [0.1, 0.15) is 0 Å². The normalized spacial score (nSPS) is 23.6. The molecule has 0 unspecified atom stereocenters. The Morgan fingerprint density at radius 3 is 2.15 bits per heavy atom. The van der Waals surface area contributed by atoms with Crippen LogP contribution in [0, 0.1) is 16.7 Å². The number of piperidine rings is 1. The van der Waals surface area contributed by atoms with Gasteiger partial charge in [0.05, 0.1) is 10.8 Å². The summed E-state index contributed by atoms with van der Waals surface area (Å²) in [5, 5.41) is 3.34. The molecule has 0 radical (unpaired) electrons. The van der Waals surface area contributed by atoms with Crippen molar-refractivity contribution in [3.63, 3.8) is 0 Å². The molecule has 0 bridgehead atoms. The van der Waals surface area contributed by atoms with Crippen LogP contribution in [0.1, 0.15) is 59.3 Å². The molecule has 1 N–H and O–H groups in total. The highest BCUT2D eigenvalue weighted by Crippen LogP contribution is 2.48. The van der Waals surface area contributed by atoms with Crippen molar-refractivity contribution in [2.24, 2.45) is 16.7 Å². The summed E-state index contributed by atoms with van der Waals surface area (Å²) in [6.07, 6.45) is 5.94. The van der Waals surface area contributed by atoms with Crippen molar-refractivity contribution in [3.05, 3.63) is 0 Å². The fourth-order valence-electron chi connectivity index (χ4n) is 3.50.